The van der Waals surface area contributed by atoms with Crippen molar-refractivity contribution in [2.45, 2.75) is 110 Å². The van der Waals surface area contributed by atoms with Crippen LogP contribution in [0.4, 0.5) is 0 Å². The number of unbranched alkanes of at least 4 members (excludes halogenated alkanes) is 8. The van der Waals surface area contributed by atoms with Crippen LogP contribution in [0.3, 0.4) is 0 Å². The highest BCUT2D eigenvalue weighted by Gasteiger charge is 2.49. The predicted molar refractivity (Wildman–Crippen MR) is 98.3 cm³/mol. The minimum atomic E-state index is 0.520. The van der Waals surface area contributed by atoms with Gasteiger partial charge in [-0.1, -0.05) is 78.1 Å². The maximum Gasteiger partial charge on any atom is 0.0181 e. The van der Waals surface area contributed by atoms with E-state index in [-0.39, 0.29) is 0 Å². The quantitative estimate of drug-likeness (QED) is 0.355. The van der Waals surface area contributed by atoms with Crippen LogP contribution in [0.25, 0.3) is 0 Å². The summed E-state index contributed by atoms with van der Waals surface area (Å²) in [6.45, 7) is 10.1. The lowest BCUT2D eigenvalue weighted by molar-refractivity contribution is 0.0936. The number of hydrogen-bond acceptors (Lipinski definition) is 1. The Morgan fingerprint density at radius 1 is 0.727 bits per heavy atom. The van der Waals surface area contributed by atoms with Crippen molar-refractivity contribution in [1.82, 2.24) is 4.90 Å². The van der Waals surface area contributed by atoms with E-state index in [0.717, 1.165) is 11.8 Å². The zero-order chi connectivity index (χ0) is 15.8. The van der Waals surface area contributed by atoms with Crippen molar-refractivity contribution in [2.24, 2.45) is 11.8 Å². The van der Waals surface area contributed by atoms with Gasteiger partial charge in [-0.3, -0.25) is 4.90 Å². The van der Waals surface area contributed by atoms with Crippen LogP contribution in [0.1, 0.15) is 104 Å². The van der Waals surface area contributed by atoms with Gasteiger partial charge < -0.3 is 0 Å². The van der Waals surface area contributed by atoms with Crippen LogP contribution in [0.2, 0.25) is 0 Å². The Hall–Kier alpha value is -0.0400. The smallest absolute Gasteiger partial charge is 0.0181 e. The molecular formula is C21H41N. The average Bonchev–Trinajstić information content (AvgIpc) is 3.12. The molecule has 1 heteroatoms. The molecule has 0 spiro atoms. The summed E-state index contributed by atoms with van der Waals surface area (Å²) >= 11 is 0. The standard InChI is InChI=1S/C21H41N/c1-4-6-8-10-12-14-21(3,15-13-11-9-7-5-2)22-17-19-16-20(19)18-22/h19-20H,4-18H2,1-3H3. The molecule has 2 unspecified atom stereocenters. The summed E-state index contributed by atoms with van der Waals surface area (Å²) in [5.74, 6) is 2.17. The highest BCUT2D eigenvalue weighted by Crippen LogP contribution is 2.48. The highest BCUT2D eigenvalue weighted by molar-refractivity contribution is 5.02. The molecule has 2 fully saturated rings. The maximum atomic E-state index is 2.89. The van der Waals surface area contributed by atoms with Gasteiger partial charge in [0.25, 0.3) is 0 Å². The first-order valence-electron chi connectivity index (χ1n) is 10.4. The Kier molecular flexibility index (Phi) is 7.74. The van der Waals surface area contributed by atoms with Crippen molar-refractivity contribution in [2.75, 3.05) is 13.1 Å². The molecule has 0 aromatic rings. The Bertz CT molecular complexity index is 274. The summed E-state index contributed by atoms with van der Waals surface area (Å²) < 4.78 is 0. The van der Waals surface area contributed by atoms with Gasteiger partial charge in [-0.2, -0.15) is 0 Å². The van der Waals surface area contributed by atoms with Gasteiger partial charge in [-0.25, -0.2) is 0 Å². The fourth-order valence-corrected chi connectivity index (χ4v) is 4.50. The summed E-state index contributed by atoms with van der Waals surface area (Å²) in [6.07, 6.45) is 18.8. The molecule has 0 aromatic heterocycles. The molecule has 1 heterocycles. The molecular weight excluding hydrogens is 266 g/mol. The fourth-order valence-electron chi connectivity index (χ4n) is 4.50. The van der Waals surface area contributed by atoms with Gasteiger partial charge in [-0.05, 0) is 38.0 Å². The van der Waals surface area contributed by atoms with Crippen molar-refractivity contribution in [3.63, 3.8) is 0 Å². The second-order valence-corrected chi connectivity index (χ2v) is 8.49. The van der Waals surface area contributed by atoms with Gasteiger partial charge in [0.05, 0.1) is 0 Å². The molecule has 1 saturated heterocycles. The van der Waals surface area contributed by atoms with Crippen LogP contribution in [-0.4, -0.2) is 23.5 Å². The molecule has 2 atom stereocenters. The zero-order valence-corrected chi connectivity index (χ0v) is 15.7. The lowest BCUT2D eigenvalue weighted by Gasteiger charge is -2.40. The molecule has 2 rings (SSSR count). The Balaban J connectivity index is 1.72. The van der Waals surface area contributed by atoms with Crippen molar-refractivity contribution >= 4 is 0 Å². The average molecular weight is 308 g/mol. The molecule has 0 N–H and O–H groups in total. The van der Waals surface area contributed by atoms with Crippen LogP contribution in [0.5, 0.6) is 0 Å². The molecule has 1 aliphatic carbocycles. The van der Waals surface area contributed by atoms with Gasteiger partial charge >= 0.3 is 0 Å². The van der Waals surface area contributed by atoms with Gasteiger partial charge in [0.15, 0.2) is 0 Å². The van der Waals surface area contributed by atoms with Crippen LogP contribution in [0, 0.1) is 11.8 Å². The SMILES string of the molecule is CCCCCCCC(C)(CCCCCCC)N1CC2CC2C1. The van der Waals surface area contributed by atoms with Crippen molar-refractivity contribution in [3.8, 4) is 0 Å². The van der Waals surface area contributed by atoms with E-state index in [9.17, 15) is 0 Å². The maximum absolute atomic E-state index is 2.89. The minimum absolute atomic E-state index is 0.520. The van der Waals surface area contributed by atoms with E-state index in [4.69, 9.17) is 0 Å². The molecule has 0 bridgehead atoms. The number of hydrogen-bond donors (Lipinski definition) is 0. The van der Waals surface area contributed by atoms with E-state index in [1.807, 2.05) is 0 Å². The summed E-state index contributed by atoms with van der Waals surface area (Å²) in [6, 6.07) is 0. The van der Waals surface area contributed by atoms with Crippen LogP contribution >= 0.6 is 0 Å². The molecule has 22 heavy (non-hydrogen) atoms. The summed E-state index contributed by atoms with van der Waals surface area (Å²) in [4.78, 5) is 2.89. The molecule has 0 amide bonds. The van der Waals surface area contributed by atoms with Crippen LogP contribution in [-0.2, 0) is 0 Å². The van der Waals surface area contributed by atoms with E-state index in [0.29, 0.717) is 5.54 Å². The van der Waals surface area contributed by atoms with Crippen LogP contribution < -0.4 is 0 Å². The second-order valence-electron chi connectivity index (χ2n) is 8.49. The Morgan fingerprint density at radius 3 is 1.64 bits per heavy atom. The van der Waals surface area contributed by atoms with E-state index in [2.05, 4.69) is 25.7 Å². The first-order chi connectivity index (χ1) is 10.7. The molecule has 0 radical (unpaired) electrons. The van der Waals surface area contributed by atoms with Gasteiger partial charge in [-0.15, -0.1) is 0 Å². The molecule has 1 nitrogen and oxygen atoms in total. The number of rotatable bonds is 13. The Labute approximate surface area is 140 Å². The highest BCUT2D eigenvalue weighted by atomic mass is 15.2. The molecule has 0 aromatic carbocycles. The molecule has 130 valence electrons. The third-order valence-corrected chi connectivity index (χ3v) is 6.38. The van der Waals surface area contributed by atoms with Crippen molar-refractivity contribution in [3.05, 3.63) is 0 Å². The van der Waals surface area contributed by atoms with Crippen molar-refractivity contribution < 1.29 is 0 Å². The number of fused-ring (bicyclic) bond motifs is 1. The lowest BCUT2D eigenvalue weighted by Crippen LogP contribution is -2.46. The molecule has 1 aliphatic heterocycles. The fraction of sp³-hybridized carbons (Fsp3) is 1.00. The molecule has 2 aliphatic rings. The van der Waals surface area contributed by atoms with Crippen LogP contribution in [0.15, 0.2) is 0 Å². The zero-order valence-electron chi connectivity index (χ0n) is 15.7. The summed E-state index contributed by atoms with van der Waals surface area (Å²) in [5.41, 5.74) is 0.520. The number of likely N-dealkylation sites (tertiary alicyclic amines) is 1. The van der Waals surface area contributed by atoms with E-state index >= 15 is 0 Å². The van der Waals surface area contributed by atoms with Gasteiger partial charge in [0, 0.05) is 18.6 Å². The normalized spacial score (nSPS) is 24.7. The van der Waals surface area contributed by atoms with E-state index in [1.54, 1.807) is 6.42 Å². The monoisotopic (exact) mass is 307 g/mol. The third-order valence-electron chi connectivity index (χ3n) is 6.38. The largest absolute Gasteiger partial charge is 0.297 e. The van der Waals surface area contributed by atoms with Crippen molar-refractivity contribution in [1.29, 1.82) is 0 Å². The second kappa shape index (κ2) is 9.30. The minimum Gasteiger partial charge on any atom is -0.297 e. The van der Waals surface area contributed by atoms with E-state index in [1.165, 1.54) is 90.1 Å². The first kappa shape index (κ1) is 18.3. The number of piperidine rings is 1. The predicted octanol–water partition coefficient (Wildman–Crippen LogP) is 6.42. The first-order valence-corrected chi connectivity index (χ1v) is 10.4. The Morgan fingerprint density at radius 2 is 1.18 bits per heavy atom. The van der Waals surface area contributed by atoms with Gasteiger partial charge in [0.1, 0.15) is 0 Å². The summed E-state index contributed by atoms with van der Waals surface area (Å²) in [7, 11) is 0. The number of nitrogens with zero attached hydrogens (tertiary/aromatic N) is 1. The third kappa shape index (κ3) is 5.55. The van der Waals surface area contributed by atoms with E-state index < -0.39 is 0 Å². The lowest BCUT2D eigenvalue weighted by atomic mass is 9.86. The summed E-state index contributed by atoms with van der Waals surface area (Å²) in [5, 5.41) is 0. The molecule has 1 saturated carbocycles. The topological polar surface area (TPSA) is 3.24 Å². The van der Waals surface area contributed by atoms with Gasteiger partial charge in [0.2, 0.25) is 0 Å².